The molecule has 1 saturated carbocycles. The molecule has 116 valence electrons. The topological polar surface area (TPSA) is 64.6 Å². The smallest absolute Gasteiger partial charge is 0.234 e. The molecule has 2 rings (SSSR count). The highest BCUT2D eigenvalue weighted by Gasteiger charge is 2.21. The predicted octanol–water partition coefficient (Wildman–Crippen LogP) is 0.482. The Labute approximate surface area is 122 Å². The lowest BCUT2D eigenvalue weighted by Gasteiger charge is -2.27. The van der Waals surface area contributed by atoms with Gasteiger partial charge >= 0.3 is 0 Å². The van der Waals surface area contributed by atoms with Crippen LogP contribution in [0.15, 0.2) is 0 Å². The van der Waals surface area contributed by atoms with Crippen molar-refractivity contribution in [3.8, 4) is 0 Å². The highest BCUT2D eigenvalue weighted by molar-refractivity contribution is 5.78. The first-order valence-corrected chi connectivity index (χ1v) is 8.14. The maximum absolute atomic E-state index is 12.1. The van der Waals surface area contributed by atoms with Crippen molar-refractivity contribution in [3.05, 3.63) is 0 Å². The molecule has 3 N–H and O–H groups in total. The molecule has 1 atom stereocenters. The number of hydrogen-bond acceptors (Lipinski definition) is 4. The van der Waals surface area contributed by atoms with E-state index in [4.69, 9.17) is 5.11 Å². The third kappa shape index (κ3) is 5.38. The predicted molar refractivity (Wildman–Crippen MR) is 79.6 cm³/mol. The molecular weight excluding hydrogens is 254 g/mol. The highest BCUT2D eigenvalue weighted by Crippen LogP contribution is 2.17. The quantitative estimate of drug-likeness (QED) is 0.636. The fourth-order valence-corrected chi connectivity index (χ4v) is 3.32. The van der Waals surface area contributed by atoms with Crippen LogP contribution in [0.4, 0.5) is 0 Å². The largest absolute Gasteiger partial charge is 0.395 e. The van der Waals surface area contributed by atoms with E-state index in [2.05, 4.69) is 15.5 Å². The minimum Gasteiger partial charge on any atom is -0.395 e. The molecule has 1 saturated heterocycles. The van der Waals surface area contributed by atoms with Gasteiger partial charge in [0.05, 0.1) is 13.2 Å². The standard InChI is InChI=1S/C15H29N3O2/c19-10-9-18(11-14-7-4-8-16-14)12-15(20)17-13-5-2-1-3-6-13/h13-14,16,19H,1-12H2,(H,17,20). The summed E-state index contributed by atoms with van der Waals surface area (Å²) in [6, 6.07) is 0.848. The molecular formula is C15H29N3O2. The minimum absolute atomic E-state index is 0.114. The molecule has 0 bridgehead atoms. The molecule has 2 aliphatic rings. The number of rotatable bonds is 7. The number of aliphatic hydroxyl groups is 1. The van der Waals surface area contributed by atoms with Crippen molar-refractivity contribution in [1.29, 1.82) is 0 Å². The second-order valence-electron chi connectivity index (χ2n) is 6.15. The molecule has 20 heavy (non-hydrogen) atoms. The van der Waals surface area contributed by atoms with Crippen LogP contribution in [0.5, 0.6) is 0 Å². The summed E-state index contributed by atoms with van der Waals surface area (Å²) in [5.74, 6) is 0.114. The lowest BCUT2D eigenvalue weighted by atomic mass is 9.95. The molecule has 0 aromatic carbocycles. The number of carbonyl (C=O) groups excluding carboxylic acids is 1. The molecule has 1 unspecified atom stereocenters. The zero-order chi connectivity index (χ0) is 14.2. The van der Waals surface area contributed by atoms with Gasteiger partial charge in [-0.05, 0) is 32.2 Å². The van der Waals surface area contributed by atoms with Gasteiger partial charge in [0.2, 0.25) is 5.91 Å². The van der Waals surface area contributed by atoms with Crippen molar-refractivity contribution in [1.82, 2.24) is 15.5 Å². The van der Waals surface area contributed by atoms with E-state index in [1.165, 1.54) is 32.1 Å². The molecule has 0 radical (unpaired) electrons. The van der Waals surface area contributed by atoms with Crippen LogP contribution in [-0.2, 0) is 4.79 Å². The molecule has 5 heteroatoms. The van der Waals surface area contributed by atoms with E-state index < -0.39 is 0 Å². The van der Waals surface area contributed by atoms with Crippen molar-refractivity contribution < 1.29 is 9.90 Å². The van der Waals surface area contributed by atoms with Crippen LogP contribution in [0, 0.1) is 0 Å². The van der Waals surface area contributed by atoms with Crippen molar-refractivity contribution in [2.45, 2.75) is 57.0 Å². The van der Waals surface area contributed by atoms with Crippen LogP contribution in [0.1, 0.15) is 44.9 Å². The molecule has 1 amide bonds. The number of hydrogen-bond donors (Lipinski definition) is 3. The molecule has 1 aliphatic heterocycles. The number of carbonyl (C=O) groups is 1. The molecule has 2 fully saturated rings. The van der Waals surface area contributed by atoms with Crippen molar-refractivity contribution in [2.75, 3.05) is 32.8 Å². The van der Waals surface area contributed by atoms with Crippen LogP contribution in [0.25, 0.3) is 0 Å². The van der Waals surface area contributed by atoms with Gasteiger partial charge in [-0.2, -0.15) is 0 Å². The van der Waals surface area contributed by atoms with Gasteiger partial charge in [0.15, 0.2) is 0 Å². The summed E-state index contributed by atoms with van der Waals surface area (Å²) in [7, 11) is 0. The molecule has 1 heterocycles. The minimum atomic E-state index is 0.114. The third-order valence-electron chi connectivity index (χ3n) is 4.39. The van der Waals surface area contributed by atoms with Gasteiger partial charge in [0.1, 0.15) is 0 Å². The SMILES string of the molecule is O=C(CN(CCO)CC1CCCN1)NC1CCCCC1. The first-order chi connectivity index (χ1) is 9.78. The van der Waals surface area contributed by atoms with Gasteiger partial charge < -0.3 is 15.7 Å². The van der Waals surface area contributed by atoms with Crippen LogP contribution < -0.4 is 10.6 Å². The average Bonchev–Trinajstić information content (AvgIpc) is 2.93. The summed E-state index contributed by atoms with van der Waals surface area (Å²) in [5.41, 5.74) is 0. The van der Waals surface area contributed by atoms with Gasteiger partial charge in [-0.25, -0.2) is 0 Å². The van der Waals surface area contributed by atoms with Crippen molar-refractivity contribution in [3.63, 3.8) is 0 Å². The molecule has 0 spiro atoms. The van der Waals surface area contributed by atoms with E-state index in [0.29, 0.717) is 25.2 Å². The Morgan fingerprint density at radius 2 is 2.00 bits per heavy atom. The summed E-state index contributed by atoms with van der Waals surface area (Å²) >= 11 is 0. The highest BCUT2D eigenvalue weighted by atomic mass is 16.3. The van der Waals surface area contributed by atoms with E-state index in [1.54, 1.807) is 0 Å². The van der Waals surface area contributed by atoms with E-state index >= 15 is 0 Å². The summed E-state index contributed by atoms with van der Waals surface area (Å²) in [6.45, 7) is 3.04. The molecule has 1 aliphatic carbocycles. The Bertz CT molecular complexity index is 287. The number of amides is 1. The van der Waals surface area contributed by atoms with Gasteiger partial charge in [-0.3, -0.25) is 9.69 Å². The van der Waals surface area contributed by atoms with Crippen LogP contribution >= 0.6 is 0 Å². The Balaban J connectivity index is 1.72. The first-order valence-electron chi connectivity index (χ1n) is 8.14. The Morgan fingerprint density at radius 3 is 2.65 bits per heavy atom. The van der Waals surface area contributed by atoms with Gasteiger partial charge in [-0.15, -0.1) is 0 Å². The van der Waals surface area contributed by atoms with Gasteiger partial charge in [0, 0.05) is 25.2 Å². The zero-order valence-corrected chi connectivity index (χ0v) is 12.4. The fraction of sp³-hybridized carbons (Fsp3) is 0.933. The van der Waals surface area contributed by atoms with E-state index in [1.807, 2.05) is 0 Å². The Hall–Kier alpha value is -0.650. The molecule has 5 nitrogen and oxygen atoms in total. The molecule has 0 aromatic heterocycles. The number of aliphatic hydroxyl groups excluding tert-OH is 1. The maximum atomic E-state index is 12.1. The van der Waals surface area contributed by atoms with Crippen molar-refractivity contribution >= 4 is 5.91 Å². The Morgan fingerprint density at radius 1 is 1.20 bits per heavy atom. The van der Waals surface area contributed by atoms with E-state index in [-0.39, 0.29) is 12.5 Å². The molecule has 0 aromatic rings. The van der Waals surface area contributed by atoms with Crippen LogP contribution in [-0.4, -0.2) is 60.8 Å². The second-order valence-corrected chi connectivity index (χ2v) is 6.15. The number of nitrogens with one attached hydrogen (secondary N) is 2. The Kier molecular flexibility index (Phi) is 6.76. The lowest BCUT2D eigenvalue weighted by molar-refractivity contribution is -0.123. The average molecular weight is 283 g/mol. The third-order valence-corrected chi connectivity index (χ3v) is 4.39. The summed E-state index contributed by atoms with van der Waals surface area (Å²) in [4.78, 5) is 14.2. The second kappa shape index (κ2) is 8.60. The van der Waals surface area contributed by atoms with Crippen LogP contribution in [0.2, 0.25) is 0 Å². The zero-order valence-electron chi connectivity index (χ0n) is 12.4. The fourth-order valence-electron chi connectivity index (χ4n) is 3.32. The van der Waals surface area contributed by atoms with E-state index in [9.17, 15) is 4.79 Å². The van der Waals surface area contributed by atoms with E-state index in [0.717, 1.165) is 25.9 Å². The first kappa shape index (κ1) is 15.7. The van der Waals surface area contributed by atoms with Gasteiger partial charge in [0.25, 0.3) is 0 Å². The summed E-state index contributed by atoms with van der Waals surface area (Å²) in [6.07, 6.45) is 8.40. The van der Waals surface area contributed by atoms with Crippen LogP contribution in [0.3, 0.4) is 0 Å². The number of nitrogens with zero attached hydrogens (tertiary/aromatic N) is 1. The normalized spacial score (nSPS) is 24.2. The lowest BCUT2D eigenvalue weighted by Crippen LogP contribution is -2.46. The maximum Gasteiger partial charge on any atom is 0.234 e. The van der Waals surface area contributed by atoms with Crippen molar-refractivity contribution in [2.24, 2.45) is 0 Å². The monoisotopic (exact) mass is 283 g/mol. The summed E-state index contributed by atoms with van der Waals surface area (Å²) in [5, 5.41) is 15.7. The van der Waals surface area contributed by atoms with Gasteiger partial charge in [-0.1, -0.05) is 19.3 Å². The summed E-state index contributed by atoms with van der Waals surface area (Å²) < 4.78 is 0.